The third kappa shape index (κ3) is 3.02. The van der Waals surface area contributed by atoms with Crippen LogP contribution >= 0.6 is 0 Å². The van der Waals surface area contributed by atoms with E-state index in [1.54, 1.807) is 12.1 Å². The van der Waals surface area contributed by atoms with Gasteiger partial charge in [-0.05, 0) is 12.5 Å². The highest BCUT2D eigenvalue weighted by Crippen LogP contribution is 2.53. The second-order valence-electron chi connectivity index (χ2n) is 7.89. The van der Waals surface area contributed by atoms with Crippen molar-refractivity contribution in [3.8, 4) is 11.5 Å². The van der Waals surface area contributed by atoms with E-state index in [1.807, 2.05) is 36.4 Å². The highest BCUT2D eigenvalue weighted by molar-refractivity contribution is 5.75. The number of nitrogens with zero attached hydrogens (tertiary/aromatic N) is 1. The van der Waals surface area contributed by atoms with E-state index in [-0.39, 0.29) is 24.1 Å². The van der Waals surface area contributed by atoms with Gasteiger partial charge >= 0.3 is 12.1 Å². The molecule has 0 saturated carbocycles. The second-order valence-corrected chi connectivity index (χ2v) is 7.89. The van der Waals surface area contributed by atoms with Crippen LogP contribution in [-0.2, 0) is 16.8 Å². The molecule has 2 aliphatic rings. The molecule has 0 aliphatic carbocycles. The summed E-state index contributed by atoms with van der Waals surface area (Å²) in [6, 6.07) is 14.8. The summed E-state index contributed by atoms with van der Waals surface area (Å²) in [5, 5.41) is 20.3. The monoisotopic (exact) mass is 398 g/mol. The molecule has 1 saturated heterocycles. The van der Waals surface area contributed by atoms with Crippen LogP contribution in [-0.4, -0.2) is 53.6 Å². The van der Waals surface area contributed by atoms with E-state index in [9.17, 15) is 19.8 Å². The number of quaternary nitrogens is 1. The van der Waals surface area contributed by atoms with Gasteiger partial charge in [0.25, 0.3) is 0 Å². The molecule has 2 N–H and O–H groups in total. The fourth-order valence-corrected chi connectivity index (χ4v) is 5.03. The van der Waals surface area contributed by atoms with Crippen molar-refractivity contribution >= 4 is 12.1 Å². The van der Waals surface area contributed by atoms with Gasteiger partial charge in [-0.1, -0.05) is 42.5 Å². The van der Waals surface area contributed by atoms with Crippen molar-refractivity contribution in [3.05, 3.63) is 59.7 Å². The van der Waals surface area contributed by atoms with Crippen LogP contribution in [0.25, 0.3) is 0 Å². The van der Waals surface area contributed by atoms with E-state index in [4.69, 9.17) is 9.47 Å². The van der Waals surface area contributed by atoms with Gasteiger partial charge in [-0.3, -0.25) is 4.79 Å². The largest absolute Gasteiger partial charge is 0.513 e. The molecule has 2 heterocycles. The number of likely N-dealkylation sites (tertiary alicyclic amines) is 1. The molecular formula is C22H24NO6+. The van der Waals surface area contributed by atoms with E-state index in [0.717, 1.165) is 11.1 Å². The van der Waals surface area contributed by atoms with Crippen LogP contribution in [0.15, 0.2) is 48.5 Å². The quantitative estimate of drug-likeness (QED) is 0.769. The van der Waals surface area contributed by atoms with Gasteiger partial charge in [-0.25, -0.2) is 4.48 Å². The smallest absolute Gasteiger partial charge is 0.493 e. The predicted molar refractivity (Wildman–Crippen MR) is 104 cm³/mol. The number of hydrogen-bond donors (Lipinski definition) is 2. The number of para-hydroxylation sites is 1. The highest BCUT2D eigenvalue weighted by atomic mass is 16.5. The molecular weight excluding hydrogens is 374 g/mol. The summed E-state index contributed by atoms with van der Waals surface area (Å²) in [6.07, 6.45) is -0.556. The Kier molecular flexibility index (Phi) is 4.70. The number of rotatable bonds is 4. The Morgan fingerprint density at radius 3 is 2.59 bits per heavy atom. The van der Waals surface area contributed by atoms with Gasteiger partial charge in [0.1, 0.15) is 25.6 Å². The van der Waals surface area contributed by atoms with E-state index in [0.29, 0.717) is 24.5 Å². The van der Waals surface area contributed by atoms with Crippen molar-refractivity contribution in [2.75, 3.05) is 26.8 Å². The Bertz CT molecular complexity index is 946. The molecule has 2 aromatic rings. The lowest BCUT2D eigenvalue weighted by Gasteiger charge is -2.37. The number of aliphatic carboxylic acids is 1. The minimum Gasteiger partial charge on any atom is -0.493 e. The Morgan fingerprint density at radius 1 is 1.17 bits per heavy atom. The summed E-state index contributed by atoms with van der Waals surface area (Å²) in [4.78, 5) is 24.8. The number of carboxylic acid groups (broad SMARTS) is 2. The molecule has 7 heteroatoms. The first-order valence-electron chi connectivity index (χ1n) is 9.58. The topological polar surface area (TPSA) is 93.1 Å². The zero-order valence-electron chi connectivity index (χ0n) is 16.2. The third-order valence-corrected chi connectivity index (χ3v) is 6.35. The van der Waals surface area contributed by atoms with E-state index in [2.05, 4.69) is 0 Å². The molecule has 1 unspecified atom stereocenters. The molecule has 2 aromatic carbocycles. The second kappa shape index (κ2) is 7.08. The Morgan fingerprint density at radius 2 is 1.93 bits per heavy atom. The van der Waals surface area contributed by atoms with Gasteiger partial charge < -0.3 is 19.7 Å². The summed E-state index contributed by atoms with van der Waals surface area (Å²) in [5.41, 5.74) is 0.764. The number of carboxylic acids is 1. The minimum atomic E-state index is -1.01. The molecule has 3 atom stereocenters. The van der Waals surface area contributed by atoms with Gasteiger partial charge in [0, 0.05) is 11.1 Å². The van der Waals surface area contributed by atoms with Crippen LogP contribution < -0.4 is 9.47 Å². The fourth-order valence-electron chi connectivity index (χ4n) is 5.03. The van der Waals surface area contributed by atoms with Crippen molar-refractivity contribution in [1.82, 2.24) is 0 Å². The summed E-state index contributed by atoms with van der Waals surface area (Å²) < 4.78 is 10.9. The van der Waals surface area contributed by atoms with Crippen LogP contribution in [0.1, 0.15) is 17.5 Å². The first-order valence-corrected chi connectivity index (χ1v) is 9.58. The molecule has 2 aliphatic heterocycles. The number of ether oxygens (including phenoxy) is 2. The fraction of sp³-hybridized carbons (Fsp3) is 0.364. The van der Waals surface area contributed by atoms with Crippen molar-refractivity contribution in [2.45, 2.75) is 18.4 Å². The Balaban J connectivity index is 1.85. The predicted octanol–water partition coefficient (Wildman–Crippen LogP) is 3.12. The summed E-state index contributed by atoms with van der Waals surface area (Å²) in [5.74, 6) is -0.751. The molecule has 1 fully saturated rings. The molecule has 29 heavy (non-hydrogen) atoms. The van der Waals surface area contributed by atoms with Gasteiger partial charge in [-0.2, -0.15) is 4.79 Å². The maximum atomic E-state index is 12.5. The zero-order chi connectivity index (χ0) is 20.6. The number of methoxy groups -OCH3 is 1. The first-order chi connectivity index (χ1) is 13.9. The lowest BCUT2D eigenvalue weighted by Crippen LogP contribution is -2.52. The van der Waals surface area contributed by atoms with Crippen molar-refractivity contribution in [3.63, 3.8) is 0 Å². The first kappa shape index (κ1) is 19.3. The van der Waals surface area contributed by atoms with Crippen LogP contribution in [0.2, 0.25) is 0 Å². The van der Waals surface area contributed by atoms with Crippen LogP contribution in [0.3, 0.4) is 0 Å². The molecule has 0 radical (unpaired) electrons. The van der Waals surface area contributed by atoms with Crippen molar-refractivity contribution in [2.24, 2.45) is 5.92 Å². The summed E-state index contributed by atoms with van der Waals surface area (Å²) in [6.45, 7) is 0.776. The lowest BCUT2D eigenvalue weighted by atomic mass is 9.69. The van der Waals surface area contributed by atoms with Crippen LogP contribution in [0.4, 0.5) is 4.79 Å². The normalized spacial score (nSPS) is 27.8. The average molecular weight is 398 g/mol. The Labute approximate surface area is 168 Å². The maximum Gasteiger partial charge on any atom is 0.513 e. The number of hydrogen-bond acceptors (Lipinski definition) is 4. The summed E-state index contributed by atoms with van der Waals surface area (Å²) >= 11 is 0. The number of amides is 1. The standard InChI is InChI=1S/C22H23NO6/c1-28-18-9-5-8-16-19(18)29-11-10-22(16)14-23(21(26)27,13-17(22)20(24)25)12-15-6-3-2-4-7-15/h2-9,17H,10-14H2,1H3,(H-,24,25,26,27)/p+1/t17-,22-,23?/m0/s1. The molecule has 0 aromatic heterocycles. The molecule has 152 valence electrons. The maximum absolute atomic E-state index is 12.5. The lowest BCUT2D eigenvalue weighted by molar-refractivity contribution is -0.861. The summed E-state index contributed by atoms with van der Waals surface area (Å²) in [7, 11) is 1.54. The zero-order valence-corrected chi connectivity index (χ0v) is 16.2. The number of benzene rings is 2. The SMILES string of the molecule is COc1cccc2c1OCC[C@]21C[N+](Cc2ccccc2)(C(=O)O)C[C@H]1C(=O)O. The number of carbonyl (C=O) groups is 2. The van der Waals surface area contributed by atoms with Gasteiger partial charge in [-0.15, -0.1) is 0 Å². The van der Waals surface area contributed by atoms with E-state index < -0.39 is 23.4 Å². The molecule has 4 rings (SSSR count). The van der Waals surface area contributed by atoms with E-state index >= 15 is 0 Å². The van der Waals surface area contributed by atoms with Crippen molar-refractivity contribution in [1.29, 1.82) is 0 Å². The van der Waals surface area contributed by atoms with Crippen LogP contribution in [0, 0.1) is 5.92 Å². The molecule has 1 amide bonds. The van der Waals surface area contributed by atoms with E-state index in [1.165, 1.54) is 7.11 Å². The average Bonchev–Trinajstić information content (AvgIpc) is 3.05. The third-order valence-electron chi connectivity index (χ3n) is 6.35. The Hall–Kier alpha value is -3.06. The van der Waals surface area contributed by atoms with Crippen molar-refractivity contribution < 1.29 is 33.8 Å². The molecule has 0 bridgehead atoms. The number of fused-ring (bicyclic) bond motifs is 2. The molecule has 7 nitrogen and oxygen atoms in total. The minimum absolute atomic E-state index is 0.0240. The van der Waals surface area contributed by atoms with Crippen LogP contribution in [0.5, 0.6) is 11.5 Å². The highest BCUT2D eigenvalue weighted by Gasteiger charge is 2.64. The molecule has 1 spiro atoms. The van der Waals surface area contributed by atoms with Gasteiger partial charge in [0.05, 0.1) is 19.1 Å². The van der Waals surface area contributed by atoms with Gasteiger partial charge in [0.15, 0.2) is 11.5 Å². The van der Waals surface area contributed by atoms with Gasteiger partial charge in [0.2, 0.25) is 0 Å².